The molecule has 0 heterocycles. The van der Waals surface area contributed by atoms with E-state index in [0.29, 0.717) is 28.4 Å². The summed E-state index contributed by atoms with van der Waals surface area (Å²) in [4.78, 5) is 50.3. The number of amides is 3. The second-order valence-corrected chi connectivity index (χ2v) is 11.3. The molecule has 4 aromatic carbocycles. The molecule has 0 bridgehead atoms. The summed E-state index contributed by atoms with van der Waals surface area (Å²) in [5, 5.41) is 19.4. The average molecular weight is 609 g/mol. The zero-order valence-electron chi connectivity index (χ0n) is 24.5. The largest absolute Gasteiger partial charge is 0.325 e. The number of carbonyl (C=O) groups excluding carboxylic acids is 3. The van der Waals surface area contributed by atoms with Crippen molar-refractivity contribution in [2.24, 2.45) is 0 Å². The van der Waals surface area contributed by atoms with Crippen molar-refractivity contribution in [3.8, 4) is 0 Å². The van der Waals surface area contributed by atoms with Gasteiger partial charge in [0.25, 0.3) is 17.5 Å². The number of non-ortho nitro benzene ring substituents is 1. The molecule has 224 valence electrons. The molecular formula is C34H32N4O5S. The summed E-state index contributed by atoms with van der Waals surface area (Å²) in [6.07, 6.45) is 1.62. The Morgan fingerprint density at radius 1 is 0.886 bits per heavy atom. The van der Waals surface area contributed by atoms with Gasteiger partial charge in [0.15, 0.2) is 0 Å². The minimum absolute atomic E-state index is 0.0458. The van der Waals surface area contributed by atoms with Gasteiger partial charge in [0.2, 0.25) is 5.91 Å². The van der Waals surface area contributed by atoms with Crippen molar-refractivity contribution >= 4 is 52.6 Å². The van der Waals surface area contributed by atoms with E-state index in [9.17, 15) is 24.5 Å². The van der Waals surface area contributed by atoms with Gasteiger partial charge in [-0.25, -0.2) is 0 Å². The van der Waals surface area contributed by atoms with Crippen LogP contribution in [0.1, 0.15) is 46.8 Å². The molecule has 4 aromatic rings. The van der Waals surface area contributed by atoms with Crippen molar-refractivity contribution in [2.75, 3.05) is 16.4 Å². The standard InChI is InChI=1S/C34H32N4O5S/c1-22(2)25-15-13-24(14-16-25)18-31(37-33(40)26-8-5-4-6-9-26)34(41)35-27-10-7-11-29(19-27)44-21-32(39)36-30-20-28(38(42)43)17-12-23(30)3/h4-20,22H,21H2,1-3H3,(H,35,41)(H,36,39)(H,37,40)/b31-18+. The van der Waals surface area contributed by atoms with Crippen LogP contribution in [0.3, 0.4) is 0 Å². The number of nitrogens with one attached hydrogen (secondary N) is 3. The number of carbonyl (C=O) groups is 3. The van der Waals surface area contributed by atoms with Gasteiger partial charge in [0.1, 0.15) is 5.70 Å². The number of hydrogen-bond donors (Lipinski definition) is 3. The van der Waals surface area contributed by atoms with Gasteiger partial charge in [-0.3, -0.25) is 24.5 Å². The molecule has 3 amide bonds. The Hall–Kier alpha value is -5.22. The van der Waals surface area contributed by atoms with Gasteiger partial charge in [-0.2, -0.15) is 0 Å². The maximum absolute atomic E-state index is 13.4. The predicted octanol–water partition coefficient (Wildman–Crippen LogP) is 7.17. The first-order chi connectivity index (χ1) is 21.1. The van der Waals surface area contributed by atoms with Crippen LogP contribution >= 0.6 is 11.8 Å². The summed E-state index contributed by atoms with van der Waals surface area (Å²) < 4.78 is 0. The number of aryl methyl sites for hydroxylation is 1. The lowest BCUT2D eigenvalue weighted by atomic mass is 10.0. The third-order valence-corrected chi connectivity index (χ3v) is 7.60. The van der Waals surface area contributed by atoms with Gasteiger partial charge in [-0.05, 0) is 65.9 Å². The van der Waals surface area contributed by atoms with E-state index in [0.717, 1.165) is 16.0 Å². The predicted molar refractivity (Wildman–Crippen MR) is 175 cm³/mol. The minimum Gasteiger partial charge on any atom is -0.325 e. The molecule has 0 atom stereocenters. The number of rotatable bonds is 11. The van der Waals surface area contributed by atoms with E-state index in [1.165, 1.54) is 23.9 Å². The van der Waals surface area contributed by atoms with Crippen LogP contribution < -0.4 is 16.0 Å². The second kappa shape index (κ2) is 14.8. The van der Waals surface area contributed by atoms with Crippen LogP contribution in [0.4, 0.5) is 17.1 Å². The summed E-state index contributed by atoms with van der Waals surface area (Å²) in [5.41, 5.74) is 3.85. The van der Waals surface area contributed by atoms with Crippen LogP contribution in [0, 0.1) is 17.0 Å². The number of nitro benzene ring substituents is 1. The Kier molecular flexibility index (Phi) is 10.7. The van der Waals surface area contributed by atoms with E-state index in [-0.39, 0.29) is 23.0 Å². The van der Waals surface area contributed by atoms with Crippen molar-refractivity contribution in [1.82, 2.24) is 5.32 Å². The summed E-state index contributed by atoms with van der Waals surface area (Å²) in [6.45, 7) is 5.95. The Morgan fingerprint density at radius 3 is 2.30 bits per heavy atom. The zero-order chi connectivity index (χ0) is 31.6. The Labute approximate surface area is 259 Å². The fraction of sp³-hybridized carbons (Fsp3) is 0.147. The number of nitrogens with zero attached hydrogens (tertiary/aromatic N) is 1. The zero-order valence-corrected chi connectivity index (χ0v) is 25.3. The van der Waals surface area contributed by atoms with E-state index in [1.807, 2.05) is 24.3 Å². The molecule has 0 unspecified atom stereocenters. The number of thioether (sulfide) groups is 1. The topological polar surface area (TPSA) is 130 Å². The number of nitro groups is 1. The molecule has 0 spiro atoms. The molecular weight excluding hydrogens is 576 g/mol. The lowest BCUT2D eigenvalue weighted by Gasteiger charge is -2.13. The molecule has 44 heavy (non-hydrogen) atoms. The minimum atomic E-state index is -0.514. The van der Waals surface area contributed by atoms with Crippen molar-refractivity contribution in [3.63, 3.8) is 0 Å². The van der Waals surface area contributed by atoms with Crippen molar-refractivity contribution in [1.29, 1.82) is 0 Å². The van der Waals surface area contributed by atoms with Crippen LogP contribution in [-0.4, -0.2) is 28.4 Å². The molecule has 0 fully saturated rings. The molecule has 3 N–H and O–H groups in total. The third kappa shape index (κ3) is 8.89. The molecule has 0 aliphatic rings. The third-order valence-electron chi connectivity index (χ3n) is 6.61. The highest BCUT2D eigenvalue weighted by Crippen LogP contribution is 2.25. The molecule has 0 aliphatic heterocycles. The van der Waals surface area contributed by atoms with Gasteiger partial charge >= 0.3 is 0 Å². The van der Waals surface area contributed by atoms with Crippen LogP contribution in [0.25, 0.3) is 6.08 Å². The van der Waals surface area contributed by atoms with Crippen molar-refractivity contribution in [2.45, 2.75) is 31.6 Å². The van der Waals surface area contributed by atoms with Crippen LogP contribution in [-0.2, 0) is 9.59 Å². The van der Waals surface area contributed by atoms with E-state index in [1.54, 1.807) is 73.7 Å². The molecule has 0 aromatic heterocycles. The SMILES string of the molecule is Cc1ccc([N+](=O)[O-])cc1NC(=O)CSc1cccc(NC(=O)/C(=C\c2ccc(C(C)C)cc2)NC(=O)c2ccccc2)c1. The van der Waals surface area contributed by atoms with Crippen LogP contribution in [0.15, 0.2) is 108 Å². The Morgan fingerprint density at radius 2 is 1.61 bits per heavy atom. The highest BCUT2D eigenvalue weighted by atomic mass is 32.2. The highest BCUT2D eigenvalue weighted by molar-refractivity contribution is 8.00. The Bertz CT molecular complexity index is 1700. The van der Waals surface area contributed by atoms with Gasteiger partial charge in [0.05, 0.1) is 16.4 Å². The molecule has 4 rings (SSSR count). The first-order valence-electron chi connectivity index (χ1n) is 13.9. The maximum Gasteiger partial charge on any atom is 0.272 e. The number of benzene rings is 4. The Balaban J connectivity index is 1.46. The van der Waals surface area contributed by atoms with E-state index >= 15 is 0 Å². The summed E-state index contributed by atoms with van der Waals surface area (Å²) >= 11 is 1.25. The van der Waals surface area contributed by atoms with E-state index in [2.05, 4.69) is 29.8 Å². The quantitative estimate of drug-likeness (QED) is 0.0716. The molecule has 9 nitrogen and oxygen atoms in total. The first-order valence-corrected chi connectivity index (χ1v) is 14.8. The average Bonchev–Trinajstić information content (AvgIpc) is 3.01. The smallest absolute Gasteiger partial charge is 0.272 e. The highest BCUT2D eigenvalue weighted by Gasteiger charge is 2.16. The summed E-state index contributed by atoms with van der Waals surface area (Å²) in [5.74, 6) is -0.855. The first kappa shape index (κ1) is 31.7. The lowest BCUT2D eigenvalue weighted by Crippen LogP contribution is -2.30. The van der Waals surface area contributed by atoms with Crippen LogP contribution in [0.2, 0.25) is 0 Å². The second-order valence-electron chi connectivity index (χ2n) is 10.3. The number of hydrogen-bond acceptors (Lipinski definition) is 6. The normalized spacial score (nSPS) is 11.1. The van der Waals surface area contributed by atoms with Gasteiger partial charge in [-0.15, -0.1) is 11.8 Å². The van der Waals surface area contributed by atoms with Crippen molar-refractivity contribution < 1.29 is 19.3 Å². The molecule has 0 radical (unpaired) electrons. The summed E-state index contributed by atoms with van der Waals surface area (Å²) in [6, 6.07) is 27.7. The fourth-order valence-corrected chi connectivity index (χ4v) is 4.90. The molecule has 0 saturated heterocycles. The lowest BCUT2D eigenvalue weighted by molar-refractivity contribution is -0.384. The molecule has 0 saturated carbocycles. The monoisotopic (exact) mass is 608 g/mol. The fourth-order valence-electron chi connectivity index (χ4n) is 4.14. The van der Waals surface area contributed by atoms with Gasteiger partial charge in [0, 0.05) is 28.3 Å². The van der Waals surface area contributed by atoms with E-state index in [4.69, 9.17) is 0 Å². The maximum atomic E-state index is 13.4. The van der Waals surface area contributed by atoms with E-state index < -0.39 is 16.7 Å². The number of anilines is 2. The summed E-state index contributed by atoms with van der Waals surface area (Å²) in [7, 11) is 0. The van der Waals surface area contributed by atoms with Crippen molar-refractivity contribution in [3.05, 3.63) is 135 Å². The van der Waals surface area contributed by atoms with Gasteiger partial charge < -0.3 is 16.0 Å². The van der Waals surface area contributed by atoms with Gasteiger partial charge in [-0.1, -0.05) is 68.4 Å². The molecule has 10 heteroatoms. The molecule has 0 aliphatic carbocycles. The van der Waals surface area contributed by atoms with Crippen LogP contribution in [0.5, 0.6) is 0 Å².